The Morgan fingerprint density at radius 1 is 1.39 bits per heavy atom. The van der Waals surface area contributed by atoms with Gasteiger partial charge in [-0.3, -0.25) is 4.99 Å². The van der Waals surface area contributed by atoms with Crippen LogP contribution in [0.15, 0.2) is 52.1 Å². The molecule has 178 valence electrons. The first-order chi connectivity index (χ1) is 15.6. The van der Waals surface area contributed by atoms with Crippen LogP contribution in [-0.2, 0) is 20.5 Å². The maximum atomic E-state index is 12.5. The SMILES string of the molecule is COC(=O)C1=C2CC(NS(=O)C(F)(F)F)CN2C(c2nccs2)=NC1.Fc1cccc(Cl)c1. The number of halogens is 5. The Hall–Kier alpha value is -2.35. The normalized spacial score (nSPS) is 18.8. The summed E-state index contributed by atoms with van der Waals surface area (Å²) in [4.78, 5) is 22.1. The molecule has 2 atom stereocenters. The summed E-state index contributed by atoms with van der Waals surface area (Å²) in [6.07, 6.45) is 1.70. The van der Waals surface area contributed by atoms with Gasteiger partial charge >= 0.3 is 11.5 Å². The fourth-order valence-electron chi connectivity index (χ4n) is 3.15. The molecular weight excluding hydrogens is 508 g/mol. The molecule has 0 radical (unpaired) electrons. The highest BCUT2D eigenvalue weighted by atomic mass is 35.5. The van der Waals surface area contributed by atoms with Crippen LogP contribution in [0.2, 0.25) is 5.02 Å². The van der Waals surface area contributed by atoms with E-state index in [0.717, 1.165) is 0 Å². The van der Waals surface area contributed by atoms with E-state index in [-0.39, 0.29) is 30.9 Å². The number of amidine groups is 1. The summed E-state index contributed by atoms with van der Waals surface area (Å²) in [7, 11) is -1.95. The average Bonchev–Trinajstić information content (AvgIpc) is 3.42. The van der Waals surface area contributed by atoms with Gasteiger partial charge < -0.3 is 9.64 Å². The van der Waals surface area contributed by atoms with Crippen molar-refractivity contribution in [1.82, 2.24) is 14.6 Å². The zero-order valence-electron chi connectivity index (χ0n) is 16.9. The topological polar surface area (TPSA) is 83.9 Å². The highest BCUT2D eigenvalue weighted by molar-refractivity contribution is 7.83. The Morgan fingerprint density at radius 2 is 2.15 bits per heavy atom. The number of methoxy groups -OCH3 is 1. The van der Waals surface area contributed by atoms with E-state index in [0.29, 0.717) is 21.6 Å². The second-order valence-electron chi connectivity index (χ2n) is 6.68. The number of hydrogen-bond acceptors (Lipinski definition) is 7. The number of benzene rings is 1. The molecule has 2 aliphatic heterocycles. The van der Waals surface area contributed by atoms with Gasteiger partial charge in [-0.1, -0.05) is 17.7 Å². The molecule has 0 bridgehead atoms. The van der Waals surface area contributed by atoms with Gasteiger partial charge in [0.05, 0.1) is 19.2 Å². The van der Waals surface area contributed by atoms with Crippen molar-refractivity contribution >= 4 is 45.7 Å². The number of aromatic nitrogens is 1. The summed E-state index contributed by atoms with van der Waals surface area (Å²) >= 11 is 6.74. The van der Waals surface area contributed by atoms with Crippen molar-refractivity contribution in [2.75, 3.05) is 20.2 Å². The van der Waals surface area contributed by atoms with Crippen LogP contribution in [0.25, 0.3) is 0 Å². The minimum absolute atomic E-state index is 0.0580. The molecule has 3 heterocycles. The van der Waals surface area contributed by atoms with Crippen LogP contribution in [0.3, 0.4) is 0 Å². The summed E-state index contributed by atoms with van der Waals surface area (Å²) in [5, 5.41) is 2.78. The van der Waals surface area contributed by atoms with Gasteiger partial charge in [0.15, 0.2) is 21.8 Å². The van der Waals surface area contributed by atoms with Crippen LogP contribution in [0.1, 0.15) is 11.4 Å². The van der Waals surface area contributed by atoms with E-state index in [9.17, 15) is 26.6 Å². The molecular formula is C19H17ClF4N4O3S2. The van der Waals surface area contributed by atoms with E-state index in [1.807, 2.05) is 0 Å². The zero-order valence-corrected chi connectivity index (χ0v) is 19.3. The number of esters is 1. The van der Waals surface area contributed by atoms with Crippen molar-refractivity contribution in [2.24, 2.45) is 4.99 Å². The Bertz CT molecular complexity index is 1080. The third-order valence-corrected chi connectivity index (χ3v) is 6.46. The van der Waals surface area contributed by atoms with E-state index in [2.05, 4.69) is 14.7 Å². The maximum absolute atomic E-state index is 12.5. The molecule has 2 unspecified atom stereocenters. The van der Waals surface area contributed by atoms with Crippen LogP contribution in [-0.4, -0.2) is 57.6 Å². The molecule has 1 aromatic heterocycles. The molecule has 1 fully saturated rings. The highest BCUT2D eigenvalue weighted by Gasteiger charge is 2.42. The molecule has 2 aromatic rings. The fraction of sp³-hybridized carbons (Fsp3) is 0.316. The number of nitrogens with one attached hydrogen (secondary N) is 1. The minimum Gasteiger partial charge on any atom is -0.466 e. The second-order valence-corrected chi connectivity index (χ2v) is 9.24. The molecule has 1 aromatic carbocycles. The molecule has 1 N–H and O–H groups in total. The van der Waals surface area contributed by atoms with E-state index < -0.39 is 28.5 Å². The van der Waals surface area contributed by atoms with Crippen LogP contribution in [0, 0.1) is 5.82 Å². The molecule has 7 nitrogen and oxygen atoms in total. The molecule has 0 spiro atoms. The van der Waals surface area contributed by atoms with Gasteiger partial charge in [-0.25, -0.2) is 23.1 Å². The number of hydrogen-bond donors (Lipinski definition) is 1. The number of thiazole rings is 1. The molecule has 0 amide bonds. The minimum atomic E-state index is -4.85. The maximum Gasteiger partial charge on any atom is 0.485 e. The number of rotatable bonds is 4. The number of carbonyl (C=O) groups is 1. The van der Waals surface area contributed by atoms with Crippen molar-refractivity contribution in [3.63, 3.8) is 0 Å². The van der Waals surface area contributed by atoms with Gasteiger partial charge in [0.2, 0.25) is 0 Å². The third-order valence-electron chi connectivity index (χ3n) is 4.49. The molecule has 33 heavy (non-hydrogen) atoms. The molecule has 0 saturated carbocycles. The number of carbonyl (C=O) groups excluding carboxylic acids is 1. The highest BCUT2D eigenvalue weighted by Crippen LogP contribution is 2.32. The number of fused-ring (bicyclic) bond motifs is 1. The van der Waals surface area contributed by atoms with Crippen LogP contribution in [0.4, 0.5) is 17.6 Å². The van der Waals surface area contributed by atoms with Gasteiger partial charge in [0.25, 0.3) is 0 Å². The zero-order chi connectivity index (χ0) is 24.2. The predicted octanol–water partition coefficient (Wildman–Crippen LogP) is 3.66. The lowest BCUT2D eigenvalue weighted by Gasteiger charge is -2.26. The van der Waals surface area contributed by atoms with E-state index in [1.54, 1.807) is 28.6 Å². The summed E-state index contributed by atoms with van der Waals surface area (Å²) in [5.41, 5.74) is -4.05. The summed E-state index contributed by atoms with van der Waals surface area (Å²) in [5.74, 6) is -0.392. The molecule has 1 saturated heterocycles. The van der Waals surface area contributed by atoms with Gasteiger partial charge in [-0.15, -0.1) is 11.3 Å². The number of ether oxygens (including phenoxy) is 1. The Kier molecular flexibility index (Phi) is 8.21. The van der Waals surface area contributed by atoms with Crippen molar-refractivity contribution in [1.29, 1.82) is 0 Å². The van der Waals surface area contributed by atoms with Gasteiger partial charge in [0.1, 0.15) is 5.82 Å². The average molecular weight is 525 g/mol. The monoisotopic (exact) mass is 524 g/mol. The van der Waals surface area contributed by atoms with Crippen LogP contribution < -0.4 is 4.72 Å². The van der Waals surface area contributed by atoms with Gasteiger partial charge in [-0.05, 0) is 18.2 Å². The third kappa shape index (κ3) is 6.37. The number of nitrogens with zero attached hydrogens (tertiary/aromatic N) is 3. The second kappa shape index (κ2) is 10.7. The van der Waals surface area contributed by atoms with Crippen molar-refractivity contribution < 1.29 is 31.3 Å². The lowest BCUT2D eigenvalue weighted by molar-refractivity contribution is -0.136. The first-order valence-corrected chi connectivity index (χ1v) is 11.7. The van der Waals surface area contributed by atoms with Gasteiger partial charge in [0, 0.05) is 41.3 Å². The number of alkyl halides is 3. The van der Waals surface area contributed by atoms with Crippen molar-refractivity contribution in [2.45, 2.75) is 18.0 Å². The smallest absolute Gasteiger partial charge is 0.466 e. The standard InChI is InChI=1S/C13H13F3N4O3S2.C6H4ClF/c1-23-12(21)8-5-18-10(11-17-2-3-24-11)20-6-7(4-9(8)20)19-25(22)13(14,15)16;7-5-2-1-3-6(8)4-5/h2-3,7,19H,4-6H2,1H3;1-4H. The molecule has 0 aliphatic carbocycles. The molecule has 4 rings (SSSR count). The van der Waals surface area contributed by atoms with Crippen molar-refractivity contribution in [3.8, 4) is 0 Å². The number of aliphatic imine (C=N–C) groups is 1. The van der Waals surface area contributed by atoms with E-state index in [1.165, 1.54) is 30.6 Å². The van der Waals surface area contributed by atoms with E-state index >= 15 is 0 Å². The lowest BCUT2D eigenvalue weighted by Crippen LogP contribution is -2.41. The fourth-order valence-corrected chi connectivity index (χ4v) is 4.57. The first kappa shape index (κ1) is 25.3. The van der Waals surface area contributed by atoms with Crippen molar-refractivity contribution in [3.05, 3.63) is 63.0 Å². The Morgan fingerprint density at radius 3 is 2.70 bits per heavy atom. The van der Waals surface area contributed by atoms with E-state index in [4.69, 9.17) is 16.3 Å². The first-order valence-electron chi connectivity index (χ1n) is 9.28. The van der Waals surface area contributed by atoms with Crippen LogP contribution >= 0.6 is 22.9 Å². The molecule has 2 aliphatic rings. The summed E-state index contributed by atoms with van der Waals surface area (Å²) in [6, 6.07) is 5.07. The largest absolute Gasteiger partial charge is 0.485 e. The Labute approximate surface area is 197 Å². The Balaban J connectivity index is 0.000000323. The van der Waals surface area contributed by atoms with Gasteiger partial charge in [-0.2, -0.15) is 13.2 Å². The van der Waals surface area contributed by atoms with Crippen LogP contribution in [0.5, 0.6) is 0 Å². The summed E-state index contributed by atoms with van der Waals surface area (Å²) in [6.45, 7) is 0.151. The predicted molar refractivity (Wildman–Crippen MR) is 116 cm³/mol. The molecule has 14 heteroatoms. The lowest BCUT2D eigenvalue weighted by atomic mass is 10.1. The summed E-state index contributed by atoms with van der Waals surface area (Å²) < 4.78 is 67.8. The quantitative estimate of drug-likeness (QED) is 0.487.